The van der Waals surface area contributed by atoms with Crippen LogP contribution in [-0.2, 0) is 0 Å². The number of benzene rings is 1. The molecule has 0 bridgehead atoms. The molecular weight excluding hydrogens is 302 g/mol. The Labute approximate surface area is 149 Å². The summed E-state index contributed by atoms with van der Waals surface area (Å²) < 4.78 is 1.27. The van der Waals surface area contributed by atoms with Crippen LogP contribution in [0.15, 0.2) is 30.3 Å². The molecule has 0 N–H and O–H groups in total. The molecule has 0 aliphatic carbocycles. The predicted molar refractivity (Wildman–Crippen MR) is 104 cm³/mol. The first-order valence-electron chi connectivity index (χ1n) is 9.71. The van der Waals surface area contributed by atoms with Crippen molar-refractivity contribution in [2.75, 3.05) is 26.2 Å². The third-order valence-electron chi connectivity index (χ3n) is 5.33. The number of hydrogen-bond donors (Lipinski definition) is 0. The van der Waals surface area contributed by atoms with Gasteiger partial charge in [-0.1, -0.05) is 56.5 Å². The predicted octanol–water partition coefficient (Wildman–Crippen LogP) is 6.57. The highest BCUT2D eigenvalue weighted by Crippen LogP contribution is 2.26. The van der Waals surface area contributed by atoms with Crippen molar-refractivity contribution >= 4 is 11.6 Å². The Hall–Kier alpha value is -0.530. The van der Waals surface area contributed by atoms with Crippen LogP contribution in [0.3, 0.4) is 0 Å². The van der Waals surface area contributed by atoms with E-state index in [2.05, 4.69) is 51.1 Å². The molecule has 132 valence electrons. The number of hydrogen-bond acceptors (Lipinski definition) is 0. The fourth-order valence-electron chi connectivity index (χ4n) is 3.45. The molecule has 2 heteroatoms. The minimum atomic E-state index is 0.163. The zero-order valence-electron chi connectivity index (χ0n) is 15.6. The number of alkyl halides is 1. The second kappa shape index (κ2) is 11.9. The van der Waals surface area contributed by atoms with Gasteiger partial charge in [0.1, 0.15) is 0 Å². The maximum absolute atomic E-state index is 6.58. The lowest BCUT2D eigenvalue weighted by Crippen LogP contribution is -2.49. The first kappa shape index (κ1) is 20.5. The van der Waals surface area contributed by atoms with E-state index in [0.29, 0.717) is 0 Å². The summed E-state index contributed by atoms with van der Waals surface area (Å²) in [5.74, 6) is 0. The second-order valence-electron chi connectivity index (χ2n) is 6.86. The van der Waals surface area contributed by atoms with Crippen LogP contribution in [0.5, 0.6) is 0 Å². The smallest absolute Gasteiger partial charge is 0.0787 e. The fourth-order valence-corrected chi connectivity index (χ4v) is 3.75. The monoisotopic (exact) mass is 338 g/mol. The molecule has 1 nitrogen and oxygen atoms in total. The number of halogens is 1. The Morgan fingerprint density at radius 2 is 1.43 bits per heavy atom. The van der Waals surface area contributed by atoms with Crippen LogP contribution in [0, 0.1) is 0 Å². The standard InChI is InChI=1S/C21H37ClN/c1-4-7-8-9-13-18-23(5-2,6-3)19-14-17-21(22)20-15-11-10-12-16-20/h10-12,15-16,21H,4-9,13-14,17-19H2,1-3H3/q+1. The molecule has 23 heavy (non-hydrogen) atoms. The van der Waals surface area contributed by atoms with Crippen LogP contribution in [0.25, 0.3) is 0 Å². The number of nitrogens with zero attached hydrogens (tertiary/aromatic N) is 1. The Morgan fingerprint density at radius 1 is 0.826 bits per heavy atom. The van der Waals surface area contributed by atoms with Crippen LogP contribution in [0.2, 0.25) is 0 Å². The topological polar surface area (TPSA) is 0 Å². The van der Waals surface area contributed by atoms with Crippen molar-refractivity contribution in [2.45, 2.75) is 71.1 Å². The fraction of sp³-hybridized carbons (Fsp3) is 0.714. The average molecular weight is 339 g/mol. The molecule has 0 aliphatic rings. The van der Waals surface area contributed by atoms with Gasteiger partial charge in [-0.05, 0) is 45.1 Å². The molecule has 1 atom stereocenters. The summed E-state index contributed by atoms with van der Waals surface area (Å²) in [5, 5.41) is 0.163. The molecule has 0 aromatic heterocycles. The number of quaternary nitrogens is 1. The molecule has 0 fully saturated rings. The number of unbranched alkanes of at least 4 members (excludes halogenated alkanes) is 4. The minimum Gasteiger partial charge on any atom is -0.324 e. The van der Waals surface area contributed by atoms with Crippen molar-refractivity contribution in [3.8, 4) is 0 Å². The van der Waals surface area contributed by atoms with Gasteiger partial charge < -0.3 is 4.48 Å². The minimum absolute atomic E-state index is 0.163. The van der Waals surface area contributed by atoms with E-state index in [-0.39, 0.29) is 5.38 Å². The van der Waals surface area contributed by atoms with Crippen LogP contribution in [0.4, 0.5) is 0 Å². The van der Waals surface area contributed by atoms with Gasteiger partial charge in [0.2, 0.25) is 0 Å². The summed E-state index contributed by atoms with van der Waals surface area (Å²) in [6.07, 6.45) is 9.21. The summed E-state index contributed by atoms with van der Waals surface area (Å²) >= 11 is 6.58. The lowest BCUT2D eigenvalue weighted by Gasteiger charge is -2.37. The van der Waals surface area contributed by atoms with E-state index in [0.717, 1.165) is 6.42 Å². The van der Waals surface area contributed by atoms with Gasteiger partial charge in [-0.2, -0.15) is 0 Å². The normalized spacial score (nSPS) is 13.2. The van der Waals surface area contributed by atoms with Crippen molar-refractivity contribution in [3.05, 3.63) is 35.9 Å². The first-order valence-corrected chi connectivity index (χ1v) is 10.1. The summed E-state index contributed by atoms with van der Waals surface area (Å²) in [5.41, 5.74) is 1.26. The van der Waals surface area contributed by atoms with E-state index in [4.69, 9.17) is 11.6 Å². The van der Waals surface area contributed by atoms with Crippen LogP contribution >= 0.6 is 11.6 Å². The van der Waals surface area contributed by atoms with Gasteiger partial charge in [0, 0.05) is 0 Å². The van der Waals surface area contributed by atoms with E-state index in [1.807, 2.05) is 0 Å². The Balaban J connectivity index is 2.36. The lowest BCUT2D eigenvalue weighted by atomic mass is 10.1. The molecule has 0 radical (unpaired) electrons. The molecule has 0 saturated heterocycles. The van der Waals surface area contributed by atoms with E-state index < -0.39 is 0 Å². The zero-order chi connectivity index (χ0) is 17.0. The summed E-state index contributed by atoms with van der Waals surface area (Å²) in [4.78, 5) is 0. The molecule has 0 amide bonds. The maximum atomic E-state index is 6.58. The molecule has 1 aromatic carbocycles. The van der Waals surface area contributed by atoms with Gasteiger partial charge in [-0.3, -0.25) is 0 Å². The SMILES string of the molecule is CCCCCCC[N+](CC)(CC)CCCC(Cl)c1ccccc1. The Kier molecular flexibility index (Phi) is 10.6. The lowest BCUT2D eigenvalue weighted by molar-refractivity contribution is -0.925. The van der Waals surface area contributed by atoms with Crippen molar-refractivity contribution < 1.29 is 4.48 Å². The molecule has 0 saturated carbocycles. The van der Waals surface area contributed by atoms with E-state index in [1.165, 1.54) is 74.8 Å². The second-order valence-corrected chi connectivity index (χ2v) is 7.38. The summed E-state index contributed by atoms with van der Waals surface area (Å²) in [6.45, 7) is 12.1. The van der Waals surface area contributed by atoms with Gasteiger partial charge in [0.15, 0.2) is 0 Å². The van der Waals surface area contributed by atoms with E-state index >= 15 is 0 Å². The Bertz CT molecular complexity index is 386. The van der Waals surface area contributed by atoms with Crippen LogP contribution < -0.4 is 0 Å². The van der Waals surface area contributed by atoms with Gasteiger partial charge in [-0.25, -0.2) is 0 Å². The molecule has 0 heterocycles. The molecule has 1 rings (SSSR count). The van der Waals surface area contributed by atoms with Gasteiger partial charge in [0.25, 0.3) is 0 Å². The van der Waals surface area contributed by atoms with Gasteiger partial charge in [-0.15, -0.1) is 11.6 Å². The van der Waals surface area contributed by atoms with Crippen molar-refractivity contribution in [1.82, 2.24) is 0 Å². The van der Waals surface area contributed by atoms with Crippen LogP contribution in [0.1, 0.15) is 76.7 Å². The van der Waals surface area contributed by atoms with Crippen molar-refractivity contribution in [1.29, 1.82) is 0 Å². The van der Waals surface area contributed by atoms with Crippen molar-refractivity contribution in [3.63, 3.8) is 0 Å². The van der Waals surface area contributed by atoms with Crippen molar-refractivity contribution in [2.24, 2.45) is 0 Å². The molecular formula is C21H37ClN+. The highest BCUT2D eigenvalue weighted by atomic mass is 35.5. The summed E-state index contributed by atoms with van der Waals surface area (Å²) in [7, 11) is 0. The first-order chi connectivity index (χ1) is 11.2. The Morgan fingerprint density at radius 3 is 2.04 bits per heavy atom. The zero-order valence-corrected chi connectivity index (χ0v) is 16.3. The largest absolute Gasteiger partial charge is 0.324 e. The average Bonchev–Trinajstić information content (AvgIpc) is 2.60. The highest BCUT2D eigenvalue weighted by molar-refractivity contribution is 6.20. The van der Waals surface area contributed by atoms with Gasteiger partial charge >= 0.3 is 0 Å². The van der Waals surface area contributed by atoms with Crippen LogP contribution in [-0.4, -0.2) is 30.7 Å². The molecule has 0 spiro atoms. The molecule has 0 aliphatic heterocycles. The summed E-state index contributed by atoms with van der Waals surface area (Å²) in [6, 6.07) is 10.5. The molecule has 1 unspecified atom stereocenters. The third kappa shape index (κ3) is 7.72. The quantitative estimate of drug-likeness (QED) is 0.216. The maximum Gasteiger partial charge on any atom is 0.0787 e. The van der Waals surface area contributed by atoms with E-state index in [1.54, 1.807) is 0 Å². The van der Waals surface area contributed by atoms with E-state index in [9.17, 15) is 0 Å². The number of rotatable bonds is 13. The highest BCUT2D eigenvalue weighted by Gasteiger charge is 2.22. The third-order valence-corrected chi connectivity index (χ3v) is 5.80. The molecule has 1 aromatic rings. The van der Waals surface area contributed by atoms with Gasteiger partial charge in [0.05, 0.1) is 31.6 Å².